The van der Waals surface area contributed by atoms with Crippen LogP contribution in [0.1, 0.15) is 16.1 Å². The lowest BCUT2D eigenvalue weighted by atomic mass is 10.2. The van der Waals surface area contributed by atoms with Crippen LogP contribution in [0.15, 0.2) is 48.1 Å². The predicted octanol–water partition coefficient (Wildman–Crippen LogP) is 3.15. The van der Waals surface area contributed by atoms with Gasteiger partial charge in [-0.1, -0.05) is 0 Å². The number of hydrogen-bond donors (Lipinski definition) is 1. The maximum atomic E-state index is 12.3. The number of carbonyl (C=O) groups excluding carboxylic acids is 1. The average molecular weight is 355 g/mol. The van der Waals surface area contributed by atoms with Crippen LogP contribution in [0.4, 0.5) is 0 Å². The Morgan fingerprint density at radius 2 is 2.04 bits per heavy atom. The van der Waals surface area contributed by atoms with Crippen LogP contribution in [-0.2, 0) is 6.54 Å². The van der Waals surface area contributed by atoms with Crippen LogP contribution in [0.2, 0.25) is 0 Å². The van der Waals surface area contributed by atoms with E-state index < -0.39 is 0 Å². The highest BCUT2D eigenvalue weighted by molar-refractivity contribution is 7.13. The third-order valence-electron chi connectivity index (χ3n) is 3.54. The molecule has 0 unspecified atom stereocenters. The van der Waals surface area contributed by atoms with Gasteiger partial charge >= 0.3 is 0 Å². The molecule has 0 aliphatic heterocycles. The van der Waals surface area contributed by atoms with Crippen molar-refractivity contribution in [3.8, 4) is 22.1 Å². The minimum atomic E-state index is -0.197. The fraction of sp³-hybridized carbons (Fsp3) is 0.167. The normalized spacial score (nSPS) is 10.3. The van der Waals surface area contributed by atoms with Crippen LogP contribution in [0.5, 0.6) is 11.5 Å². The second-order valence-electron chi connectivity index (χ2n) is 5.14. The number of rotatable bonds is 6. The number of thiazole rings is 1. The topological polar surface area (TPSA) is 73.3 Å². The van der Waals surface area contributed by atoms with E-state index in [0.717, 1.165) is 16.3 Å². The van der Waals surface area contributed by atoms with E-state index >= 15 is 0 Å². The molecule has 0 spiro atoms. The summed E-state index contributed by atoms with van der Waals surface area (Å²) in [6, 6.07) is 8.87. The molecular formula is C18H17N3O3S. The molecule has 7 heteroatoms. The smallest absolute Gasteiger partial charge is 0.251 e. The molecule has 0 bridgehead atoms. The first kappa shape index (κ1) is 16.9. The molecule has 128 valence electrons. The molecule has 2 heterocycles. The zero-order chi connectivity index (χ0) is 17.6. The summed E-state index contributed by atoms with van der Waals surface area (Å²) in [5, 5.41) is 5.67. The summed E-state index contributed by atoms with van der Waals surface area (Å²) < 4.78 is 10.4. The van der Waals surface area contributed by atoms with Crippen molar-refractivity contribution in [3.05, 3.63) is 59.4 Å². The van der Waals surface area contributed by atoms with Gasteiger partial charge in [-0.05, 0) is 30.3 Å². The first-order valence-electron chi connectivity index (χ1n) is 7.56. The zero-order valence-corrected chi connectivity index (χ0v) is 14.7. The van der Waals surface area contributed by atoms with Gasteiger partial charge in [-0.15, -0.1) is 11.3 Å². The third-order valence-corrected chi connectivity index (χ3v) is 4.48. The number of carbonyl (C=O) groups is 1. The van der Waals surface area contributed by atoms with Crippen LogP contribution < -0.4 is 14.8 Å². The standard InChI is InChI=1S/C18H17N3O3S/c1-23-15-6-5-12(8-16(15)24-2)17(22)20-10-14-11-25-18(21-14)13-4-3-7-19-9-13/h3-9,11H,10H2,1-2H3,(H,20,22). The molecular weight excluding hydrogens is 338 g/mol. The number of benzene rings is 1. The van der Waals surface area contributed by atoms with E-state index in [1.54, 1.807) is 37.7 Å². The Labute approximate surface area is 149 Å². The van der Waals surface area contributed by atoms with Gasteiger partial charge in [0.25, 0.3) is 5.91 Å². The SMILES string of the molecule is COc1ccc(C(=O)NCc2csc(-c3cccnc3)n2)cc1OC. The maximum Gasteiger partial charge on any atom is 0.251 e. The van der Waals surface area contributed by atoms with Crippen molar-refractivity contribution in [2.24, 2.45) is 0 Å². The number of ether oxygens (including phenoxy) is 2. The number of aromatic nitrogens is 2. The van der Waals surface area contributed by atoms with Crippen molar-refractivity contribution in [1.82, 2.24) is 15.3 Å². The van der Waals surface area contributed by atoms with Crippen molar-refractivity contribution < 1.29 is 14.3 Å². The van der Waals surface area contributed by atoms with Gasteiger partial charge in [-0.2, -0.15) is 0 Å². The van der Waals surface area contributed by atoms with Gasteiger partial charge in [0.15, 0.2) is 11.5 Å². The number of amides is 1. The molecule has 0 fully saturated rings. The van der Waals surface area contributed by atoms with Crippen molar-refractivity contribution in [2.75, 3.05) is 14.2 Å². The second kappa shape index (κ2) is 7.76. The lowest BCUT2D eigenvalue weighted by molar-refractivity contribution is 0.0950. The van der Waals surface area contributed by atoms with Gasteiger partial charge in [0.05, 0.1) is 26.5 Å². The molecule has 0 aliphatic rings. The van der Waals surface area contributed by atoms with E-state index in [-0.39, 0.29) is 5.91 Å². The fourth-order valence-electron chi connectivity index (χ4n) is 2.26. The van der Waals surface area contributed by atoms with Gasteiger partial charge in [0.2, 0.25) is 0 Å². The first-order valence-corrected chi connectivity index (χ1v) is 8.44. The van der Waals surface area contributed by atoms with E-state index in [2.05, 4.69) is 15.3 Å². The van der Waals surface area contributed by atoms with Crippen LogP contribution in [0.3, 0.4) is 0 Å². The highest BCUT2D eigenvalue weighted by Crippen LogP contribution is 2.27. The minimum Gasteiger partial charge on any atom is -0.493 e. The second-order valence-corrected chi connectivity index (χ2v) is 6.00. The Balaban J connectivity index is 1.66. The van der Waals surface area contributed by atoms with Gasteiger partial charge in [-0.3, -0.25) is 9.78 Å². The Morgan fingerprint density at radius 3 is 2.76 bits per heavy atom. The average Bonchev–Trinajstić information content (AvgIpc) is 3.15. The summed E-state index contributed by atoms with van der Waals surface area (Å²) in [6.07, 6.45) is 3.49. The number of methoxy groups -OCH3 is 2. The van der Waals surface area contributed by atoms with Crippen molar-refractivity contribution in [3.63, 3.8) is 0 Å². The van der Waals surface area contributed by atoms with E-state index in [1.165, 1.54) is 18.4 Å². The molecule has 0 saturated heterocycles. The molecule has 0 radical (unpaired) electrons. The minimum absolute atomic E-state index is 0.197. The van der Waals surface area contributed by atoms with Gasteiger partial charge in [0, 0.05) is 28.9 Å². The molecule has 3 rings (SSSR count). The largest absolute Gasteiger partial charge is 0.493 e. The van der Waals surface area contributed by atoms with Crippen LogP contribution in [0, 0.1) is 0 Å². The molecule has 0 aliphatic carbocycles. The Morgan fingerprint density at radius 1 is 1.20 bits per heavy atom. The van der Waals surface area contributed by atoms with E-state index in [0.29, 0.717) is 23.6 Å². The summed E-state index contributed by atoms with van der Waals surface area (Å²) in [5.74, 6) is 0.902. The molecule has 0 saturated carbocycles. The molecule has 25 heavy (non-hydrogen) atoms. The number of nitrogens with zero attached hydrogens (tertiary/aromatic N) is 2. The van der Waals surface area contributed by atoms with Gasteiger partial charge in [-0.25, -0.2) is 4.98 Å². The van der Waals surface area contributed by atoms with E-state index in [9.17, 15) is 4.79 Å². The maximum absolute atomic E-state index is 12.3. The molecule has 1 amide bonds. The van der Waals surface area contributed by atoms with Crippen molar-refractivity contribution in [2.45, 2.75) is 6.54 Å². The molecule has 0 atom stereocenters. The summed E-state index contributed by atoms with van der Waals surface area (Å²) in [4.78, 5) is 20.9. The lowest BCUT2D eigenvalue weighted by Crippen LogP contribution is -2.23. The number of hydrogen-bond acceptors (Lipinski definition) is 6. The predicted molar refractivity (Wildman–Crippen MR) is 96.1 cm³/mol. The third kappa shape index (κ3) is 3.95. The highest BCUT2D eigenvalue weighted by Gasteiger charge is 2.11. The molecule has 6 nitrogen and oxygen atoms in total. The number of nitrogens with one attached hydrogen (secondary N) is 1. The van der Waals surface area contributed by atoms with Crippen LogP contribution in [0.25, 0.3) is 10.6 Å². The van der Waals surface area contributed by atoms with Crippen LogP contribution >= 0.6 is 11.3 Å². The quantitative estimate of drug-likeness (QED) is 0.735. The van der Waals surface area contributed by atoms with Gasteiger partial charge in [0.1, 0.15) is 5.01 Å². The summed E-state index contributed by atoms with van der Waals surface area (Å²) in [6.45, 7) is 0.351. The summed E-state index contributed by atoms with van der Waals surface area (Å²) in [7, 11) is 3.09. The van der Waals surface area contributed by atoms with Gasteiger partial charge < -0.3 is 14.8 Å². The van der Waals surface area contributed by atoms with Crippen molar-refractivity contribution in [1.29, 1.82) is 0 Å². The monoisotopic (exact) mass is 355 g/mol. The van der Waals surface area contributed by atoms with E-state index in [4.69, 9.17) is 9.47 Å². The highest BCUT2D eigenvalue weighted by atomic mass is 32.1. The molecule has 1 aromatic carbocycles. The summed E-state index contributed by atoms with van der Waals surface area (Å²) >= 11 is 1.52. The Kier molecular flexibility index (Phi) is 5.25. The fourth-order valence-corrected chi connectivity index (χ4v) is 3.07. The van der Waals surface area contributed by atoms with E-state index in [1.807, 2.05) is 17.5 Å². The molecule has 1 N–H and O–H groups in total. The zero-order valence-electron chi connectivity index (χ0n) is 13.9. The first-order chi connectivity index (χ1) is 12.2. The van der Waals surface area contributed by atoms with Crippen molar-refractivity contribution >= 4 is 17.2 Å². The Hall–Kier alpha value is -2.93. The lowest BCUT2D eigenvalue weighted by Gasteiger charge is -2.09. The molecule has 3 aromatic rings. The number of pyridine rings is 1. The summed E-state index contributed by atoms with van der Waals surface area (Å²) in [5.41, 5.74) is 2.27. The Bertz CT molecular complexity index is 865. The van der Waals surface area contributed by atoms with Crippen LogP contribution in [-0.4, -0.2) is 30.1 Å². The molecule has 2 aromatic heterocycles.